The van der Waals surface area contributed by atoms with E-state index in [4.69, 9.17) is 0 Å². The predicted octanol–water partition coefficient (Wildman–Crippen LogP) is 2.32. The molecule has 0 aromatic carbocycles. The Morgan fingerprint density at radius 2 is 2.13 bits per heavy atom. The molecule has 0 aliphatic heterocycles. The smallest absolute Gasteiger partial charge is 0.0419 e. The molecule has 0 bridgehead atoms. The topological polar surface area (TPSA) is 37.0 Å². The van der Waals surface area contributed by atoms with Gasteiger partial charge in [0.05, 0.1) is 0 Å². The van der Waals surface area contributed by atoms with Crippen LogP contribution in [0.5, 0.6) is 0 Å². The van der Waals surface area contributed by atoms with Crippen LogP contribution in [0.25, 0.3) is 0 Å². The summed E-state index contributed by atoms with van der Waals surface area (Å²) in [6.45, 7) is 9.20. The Morgan fingerprint density at radius 1 is 1.33 bits per heavy atom. The zero-order valence-corrected chi connectivity index (χ0v) is 9.93. The Morgan fingerprint density at radius 3 is 2.80 bits per heavy atom. The number of anilines is 1. The van der Waals surface area contributed by atoms with Crippen LogP contribution in [-0.4, -0.2) is 18.1 Å². The molecule has 0 spiro atoms. The van der Waals surface area contributed by atoms with Gasteiger partial charge in [0.2, 0.25) is 0 Å². The van der Waals surface area contributed by atoms with Crippen molar-refractivity contribution in [3.63, 3.8) is 0 Å². The first-order valence-electron chi connectivity index (χ1n) is 5.68. The van der Waals surface area contributed by atoms with Gasteiger partial charge in [-0.25, -0.2) is 0 Å². The van der Waals surface area contributed by atoms with Gasteiger partial charge in [-0.2, -0.15) is 0 Å². The van der Waals surface area contributed by atoms with E-state index in [2.05, 4.69) is 35.5 Å². The molecule has 0 amide bonds. The first-order valence-corrected chi connectivity index (χ1v) is 5.68. The molecule has 1 heterocycles. The molecule has 0 unspecified atom stereocenters. The normalized spacial score (nSPS) is 10.3. The van der Waals surface area contributed by atoms with Crippen molar-refractivity contribution in [1.82, 2.24) is 10.3 Å². The average molecular weight is 207 g/mol. The highest BCUT2D eigenvalue weighted by atomic mass is 14.9. The van der Waals surface area contributed by atoms with Gasteiger partial charge in [-0.1, -0.05) is 6.92 Å². The van der Waals surface area contributed by atoms with Crippen molar-refractivity contribution in [2.45, 2.75) is 33.7 Å². The van der Waals surface area contributed by atoms with E-state index < -0.39 is 0 Å². The molecule has 3 heteroatoms. The van der Waals surface area contributed by atoms with Crippen molar-refractivity contribution in [2.24, 2.45) is 0 Å². The number of pyridine rings is 1. The number of nitrogens with zero attached hydrogens (tertiary/aromatic N) is 1. The standard InChI is InChI=1S/C12H21N3/c1-4-6-13-8-11-9-15-10(3)7-12(11)14-5-2/h7,9,13H,4-6,8H2,1-3H3,(H,14,15). The molecule has 0 radical (unpaired) electrons. The van der Waals surface area contributed by atoms with Crippen molar-refractivity contribution < 1.29 is 0 Å². The molecule has 0 saturated carbocycles. The first-order chi connectivity index (χ1) is 7.27. The third kappa shape index (κ3) is 3.88. The SMILES string of the molecule is CCCNCc1cnc(C)cc1NCC. The summed E-state index contributed by atoms with van der Waals surface area (Å²) in [5.41, 5.74) is 3.51. The van der Waals surface area contributed by atoms with E-state index >= 15 is 0 Å². The van der Waals surface area contributed by atoms with Crippen molar-refractivity contribution in [1.29, 1.82) is 0 Å². The molecule has 0 atom stereocenters. The molecule has 84 valence electrons. The van der Waals surface area contributed by atoms with E-state index in [-0.39, 0.29) is 0 Å². The number of aryl methyl sites for hydroxylation is 1. The second-order valence-corrected chi connectivity index (χ2v) is 3.69. The zero-order valence-electron chi connectivity index (χ0n) is 9.93. The maximum absolute atomic E-state index is 4.32. The van der Waals surface area contributed by atoms with Gasteiger partial charge in [-0.15, -0.1) is 0 Å². The molecule has 0 aliphatic carbocycles. The van der Waals surface area contributed by atoms with Crippen molar-refractivity contribution in [3.8, 4) is 0 Å². The highest BCUT2D eigenvalue weighted by Crippen LogP contribution is 2.15. The van der Waals surface area contributed by atoms with E-state index in [1.807, 2.05) is 13.1 Å². The highest BCUT2D eigenvalue weighted by Gasteiger charge is 2.01. The number of hydrogen-bond donors (Lipinski definition) is 2. The summed E-state index contributed by atoms with van der Waals surface area (Å²) in [6.07, 6.45) is 3.12. The van der Waals surface area contributed by atoms with Gasteiger partial charge in [0, 0.05) is 36.2 Å². The summed E-state index contributed by atoms with van der Waals surface area (Å²) >= 11 is 0. The minimum Gasteiger partial charge on any atom is -0.385 e. The van der Waals surface area contributed by atoms with Crippen LogP contribution in [0.1, 0.15) is 31.5 Å². The van der Waals surface area contributed by atoms with Crippen LogP contribution in [0, 0.1) is 6.92 Å². The monoisotopic (exact) mass is 207 g/mol. The zero-order chi connectivity index (χ0) is 11.1. The van der Waals surface area contributed by atoms with Crippen molar-refractivity contribution >= 4 is 5.69 Å². The van der Waals surface area contributed by atoms with Crippen LogP contribution >= 0.6 is 0 Å². The van der Waals surface area contributed by atoms with Gasteiger partial charge in [0.1, 0.15) is 0 Å². The van der Waals surface area contributed by atoms with Crippen LogP contribution in [0.3, 0.4) is 0 Å². The number of hydrogen-bond acceptors (Lipinski definition) is 3. The van der Waals surface area contributed by atoms with Gasteiger partial charge < -0.3 is 10.6 Å². The fraction of sp³-hybridized carbons (Fsp3) is 0.583. The fourth-order valence-electron chi connectivity index (χ4n) is 1.48. The third-order valence-corrected chi connectivity index (χ3v) is 2.23. The van der Waals surface area contributed by atoms with Gasteiger partial charge in [0.25, 0.3) is 0 Å². The fourth-order valence-corrected chi connectivity index (χ4v) is 1.48. The number of nitrogens with one attached hydrogen (secondary N) is 2. The molecule has 3 nitrogen and oxygen atoms in total. The van der Waals surface area contributed by atoms with Crippen LogP contribution in [0.4, 0.5) is 5.69 Å². The number of aromatic nitrogens is 1. The van der Waals surface area contributed by atoms with Crippen LogP contribution < -0.4 is 10.6 Å². The molecule has 1 aromatic rings. The first kappa shape index (κ1) is 12.0. The maximum atomic E-state index is 4.32. The predicted molar refractivity (Wildman–Crippen MR) is 65.1 cm³/mol. The van der Waals surface area contributed by atoms with Gasteiger partial charge in [0.15, 0.2) is 0 Å². The molecule has 15 heavy (non-hydrogen) atoms. The quantitative estimate of drug-likeness (QED) is 0.703. The van der Waals surface area contributed by atoms with Crippen LogP contribution in [0.2, 0.25) is 0 Å². The Hall–Kier alpha value is -1.09. The van der Waals surface area contributed by atoms with Crippen molar-refractivity contribution in [3.05, 3.63) is 23.5 Å². The van der Waals surface area contributed by atoms with Gasteiger partial charge in [-0.3, -0.25) is 4.98 Å². The molecular weight excluding hydrogens is 186 g/mol. The Labute approximate surface area is 92.3 Å². The lowest BCUT2D eigenvalue weighted by molar-refractivity contribution is 0.674. The molecule has 0 saturated heterocycles. The average Bonchev–Trinajstić information content (AvgIpc) is 2.22. The Balaban J connectivity index is 2.67. The molecular formula is C12H21N3. The van der Waals surface area contributed by atoms with Crippen molar-refractivity contribution in [2.75, 3.05) is 18.4 Å². The van der Waals surface area contributed by atoms with E-state index in [1.165, 1.54) is 11.3 Å². The Bertz CT molecular complexity index is 297. The lowest BCUT2D eigenvalue weighted by Crippen LogP contribution is -2.15. The second-order valence-electron chi connectivity index (χ2n) is 3.69. The summed E-state index contributed by atoms with van der Waals surface area (Å²) in [4.78, 5) is 4.32. The third-order valence-electron chi connectivity index (χ3n) is 2.23. The summed E-state index contributed by atoms with van der Waals surface area (Å²) in [5, 5.41) is 6.75. The van der Waals surface area contributed by atoms with E-state index in [0.717, 1.165) is 31.7 Å². The summed E-state index contributed by atoms with van der Waals surface area (Å²) in [5.74, 6) is 0. The van der Waals surface area contributed by atoms with Gasteiger partial charge in [-0.05, 0) is 32.9 Å². The summed E-state index contributed by atoms with van der Waals surface area (Å²) in [6, 6.07) is 2.10. The second kappa shape index (κ2) is 6.40. The highest BCUT2D eigenvalue weighted by molar-refractivity contribution is 5.50. The number of rotatable bonds is 6. The molecule has 0 aliphatic rings. The summed E-state index contributed by atoms with van der Waals surface area (Å²) < 4.78 is 0. The molecule has 1 rings (SSSR count). The van der Waals surface area contributed by atoms with Gasteiger partial charge >= 0.3 is 0 Å². The van der Waals surface area contributed by atoms with E-state index in [9.17, 15) is 0 Å². The molecule has 2 N–H and O–H groups in total. The molecule has 1 aromatic heterocycles. The molecule has 0 fully saturated rings. The minimum absolute atomic E-state index is 0.892. The Kier molecular flexibility index (Phi) is 5.12. The van der Waals surface area contributed by atoms with Crippen LogP contribution in [-0.2, 0) is 6.54 Å². The summed E-state index contributed by atoms with van der Waals surface area (Å²) in [7, 11) is 0. The van der Waals surface area contributed by atoms with E-state index in [1.54, 1.807) is 0 Å². The lowest BCUT2D eigenvalue weighted by Gasteiger charge is -2.11. The lowest BCUT2D eigenvalue weighted by atomic mass is 10.2. The van der Waals surface area contributed by atoms with E-state index in [0.29, 0.717) is 0 Å². The maximum Gasteiger partial charge on any atom is 0.0419 e. The largest absolute Gasteiger partial charge is 0.385 e. The minimum atomic E-state index is 0.892. The van der Waals surface area contributed by atoms with Crippen LogP contribution in [0.15, 0.2) is 12.3 Å².